The Kier molecular flexibility index (Phi) is 7.28. The topological polar surface area (TPSA) is 41.4 Å². The molecular weight excluding hydrogens is 463 g/mol. The first-order valence-electron chi connectivity index (χ1n) is 12.7. The maximum absolute atomic E-state index is 14.6. The molecule has 1 aliphatic rings. The normalized spacial score (nSPS) is 14.4. The predicted molar refractivity (Wildman–Crippen MR) is 146 cm³/mol. The Morgan fingerprint density at radius 1 is 0.919 bits per heavy atom. The lowest BCUT2D eigenvalue weighted by atomic mass is 10.1. The Bertz CT molecular complexity index is 1420. The SMILES string of the molecule is Cc1ccc(-n2nc(-c3ccccc3F)cc2C(=O)N2CCN(CC=Cc3ccccc3)CC2)c(C)c1. The van der Waals surface area contributed by atoms with E-state index in [0.717, 1.165) is 36.4 Å². The molecular formula is C31H31FN4O. The summed E-state index contributed by atoms with van der Waals surface area (Å²) in [5.74, 6) is -0.446. The summed E-state index contributed by atoms with van der Waals surface area (Å²) >= 11 is 0. The average Bonchev–Trinajstić information content (AvgIpc) is 3.34. The number of aryl methyl sites for hydroxylation is 2. The third-order valence-corrected chi connectivity index (χ3v) is 6.79. The van der Waals surface area contributed by atoms with E-state index in [1.807, 2.05) is 49.1 Å². The summed E-state index contributed by atoms with van der Waals surface area (Å²) < 4.78 is 16.3. The number of halogens is 1. The smallest absolute Gasteiger partial charge is 0.272 e. The summed E-state index contributed by atoms with van der Waals surface area (Å²) in [6.07, 6.45) is 4.30. The zero-order chi connectivity index (χ0) is 25.8. The summed E-state index contributed by atoms with van der Waals surface area (Å²) in [5, 5.41) is 4.71. The molecule has 0 atom stereocenters. The number of carbonyl (C=O) groups is 1. The van der Waals surface area contributed by atoms with Crippen LogP contribution in [0.5, 0.6) is 0 Å². The van der Waals surface area contributed by atoms with Crippen molar-refractivity contribution in [2.75, 3.05) is 32.7 Å². The predicted octanol–water partition coefficient (Wildman–Crippen LogP) is 5.77. The highest BCUT2D eigenvalue weighted by atomic mass is 19.1. The molecule has 0 saturated carbocycles. The number of amides is 1. The van der Waals surface area contributed by atoms with Crippen molar-refractivity contribution in [3.05, 3.63) is 113 Å². The van der Waals surface area contributed by atoms with Crippen molar-refractivity contribution < 1.29 is 9.18 Å². The molecule has 1 aliphatic heterocycles. The van der Waals surface area contributed by atoms with Gasteiger partial charge in [-0.15, -0.1) is 0 Å². The molecule has 6 heteroatoms. The minimum Gasteiger partial charge on any atom is -0.335 e. The molecule has 1 aromatic heterocycles. The van der Waals surface area contributed by atoms with Crippen LogP contribution in [0.2, 0.25) is 0 Å². The van der Waals surface area contributed by atoms with Gasteiger partial charge in [-0.25, -0.2) is 9.07 Å². The molecule has 1 fully saturated rings. The first-order valence-corrected chi connectivity index (χ1v) is 12.7. The van der Waals surface area contributed by atoms with E-state index in [2.05, 4.69) is 35.3 Å². The molecule has 0 N–H and O–H groups in total. The van der Waals surface area contributed by atoms with E-state index in [1.54, 1.807) is 28.9 Å². The van der Waals surface area contributed by atoms with Gasteiger partial charge >= 0.3 is 0 Å². The van der Waals surface area contributed by atoms with Gasteiger partial charge in [-0.05, 0) is 49.2 Å². The molecule has 1 saturated heterocycles. The van der Waals surface area contributed by atoms with Gasteiger partial charge < -0.3 is 4.90 Å². The van der Waals surface area contributed by atoms with Crippen LogP contribution in [0.4, 0.5) is 4.39 Å². The fraction of sp³-hybridized carbons (Fsp3) is 0.226. The Labute approximate surface area is 217 Å². The van der Waals surface area contributed by atoms with Crippen molar-refractivity contribution in [3.8, 4) is 16.9 Å². The van der Waals surface area contributed by atoms with Gasteiger partial charge in [0.05, 0.1) is 11.4 Å². The van der Waals surface area contributed by atoms with Gasteiger partial charge in [0, 0.05) is 38.3 Å². The molecule has 4 aromatic rings. The fourth-order valence-corrected chi connectivity index (χ4v) is 4.76. The number of aromatic nitrogens is 2. The van der Waals surface area contributed by atoms with E-state index in [1.165, 1.54) is 11.6 Å². The van der Waals surface area contributed by atoms with Gasteiger partial charge in [-0.2, -0.15) is 5.10 Å². The molecule has 0 spiro atoms. The van der Waals surface area contributed by atoms with Gasteiger partial charge in [-0.1, -0.05) is 72.3 Å². The number of carbonyl (C=O) groups excluding carboxylic acids is 1. The van der Waals surface area contributed by atoms with Crippen LogP contribution in [0.25, 0.3) is 23.0 Å². The lowest BCUT2D eigenvalue weighted by Crippen LogP contribution is -2.49. The number of hydrogen-bond acceptors (Lipinski definition) is 3. The number of piperazine rings is 1. The molecule has 1 amide bonds. The Morgan fingerprint density at radius 2 is 1.65 bits per heavy atom. The number of hydrogen-bond donors (Lipinski definition) is 0. The molecule has 5 nitrogen and oxygen atoms in total. The molecule has 0 unspecified atom stereocenters. The zero-order valence-electron chi connectivity index (χ0n) is 21.3. The van der Waals surface area contributed by atoms with Crippen LogP contribution in [0.15, 0.2) is 84.9 Å². The van der Waals surface area contributed by atoms with Crippen molar-refractivity contribution in [1.29, 1.82) is 0 Å². The lowest BCUT2D eigenvalue weighted by Gasteiger charge is -2.34. The third kappa shape index (κ3) is 5.54. The van der Waals surface area contributed by atoms with Crippen molar-refractivity contribution in [2.24, 2.45) is 0 Å². The van der Waals surface area contributed by atoms with Crippen LogP contribution in [-0.4, -0.2) is 58.2 Å². The molecule has 5 rings (SSSR count). The van der Waals surface area contributed by atoms with Crippen LogP contribution < -0.4 is 0 Å². The standard InChI is InChI=1S/C31H31FN4O/c1-23-14-15-29(24(2)21-23)36-30(22-28(33-36)26-12-6-7-13-27(26)32)31(37)35-19-17-34(18-20-35)16-8-11-25-9-4-3-5-10-25/h3-15,21-22H,16-20H2,1-2H3. The van der Waals surface area contributed by atoms with E-state index in [0.29, 0.717) is 30.0 Å². The maximum atomic E-state index is 14.6. The highest BCUT2D eigenvalue weighted by Gasteiger charge is 2.27. The van der Waals surface area contributed by atoms with E-state index in [-0.39, 0.29) is 11.7 Å². The Morgan fingerprint density at radius 3 is 2.38 bits per heavy atom. The average molecular weight is 495 g/mol. The second-order valence-corrected chi connectivity index (χ2v) is 9.50. The largest absolute Gasteiger partial charge is 0.335 e. The number of rotatable bonds is 6. The quantitative estimate of drug-likeness (QED) is 0.342. The summed E-state index contributed by atoms with van der Waals surface area (Å²) in [5.41, 5.74) is 5.42. The molecule has 0 radical (unpaired) electrons. The molecule has 37 heavy (non-hydrogen) atoms. The third-order valence-electron chi connectivity index (χ3n) is 6.79. The van der Waals surface area contributed by atoms with Gasteiger partial charge in [0.15, 0.2) is 0 Å². The molecule has 188 valence electrons. The van der Waals surface area contributed by atoms with Crippen molar-refractivity contribution in [3.63, 3.8) is 0 Å². The summed E-state index contributed by atoms with van der Waals surface area (Å²) in [4.78, 5) is 18.0. The zero-order valence-corrected chi connectivity index (χ0v) is 21.3. The monoisotopic (exact) mass is 494 g/mol. The number of nitrogens with zero attached hydrogens (tertiary/aromatic N) is 4. The minimum atomic E-state index is -0.357. The highest BCUT2D eigenvalue weighted by molar-refractivity contribution is 5.94. The Hall–Kier alpha value is -4.03. The van der Waals surface area contributed by atoms with Crippen LogP contribution in [0, 0.1) is 19.7 Å². The van der Waals surface area contributed by atoms with Crippen molar-refractivity contribution in [2.45, 2.75) is 13.8 Å². The molecule has 0 bridgehead atoms. The van der Waals surface area contributed by atoms with Crippen molar-refractivity contribution >= 4 is 12.0 Å². The van der Waals surface area contributed by atoms with E-state index < -0.39 is 0 Å². The van der Waals surface area contributed by atoms with Crippen LogP contribution >= 0.6 is 0 Å². The molecule has 3 aromatic carbocycles. The van der Waals surface area contributed by atoms with Crippen molar-refractivity contribution in [1.82, 2.24) is 19.6 Å². The molecule has 2 heterocycles. The van der Waals surface area contributed by atoms with Gasteiger partial charge in [0.25, 0.3) is 5.91 Å². The van der Waals surface area contributed by atoms with E-state index >= 15 is 0 Å². The second-order valence-electron chi connectivity index (χ2n) is 9.50. The van der Waals surface area contributed by atoms with E-state index in [9.17, 15) is 9.18 Å². The summed E-state index contributed by atoms with van der Waals surface area (Å²) in [7, 11) is 0. The first kappa shape index (κ1) is 24.7. The molecule has 0 aliphatic carbocycles. The van der Waals surface area contributed by atoms with Crippen LogP contribution in [0.1, 0.15) is 27.2 Å². The van der Waals surface area contributed by atoms with E-state index in [4.69, 9.17) is 5.10 Å². The highest BCUT2D eigenvalue weighted by Crippen LogP contribution is 2.26. The van der Waals surface area contributed by atoms with Crippen LogP contribution in [-0.2, 0) is 0 Å². The lowest BCUT2D eigenvalue weighted by molar-refractivity contribution is 0.0641. The van der Waals surface area contributed by atoms with Gasteiger partial charge in [-0.3, -0.25) is 9.69 Å². The first-order chi connectivity index (χ1) is 18.0. The summed E-state index contributed by atoms with van der Waals surface area (Å²) in [6.45, 7) is 7.73. The number of benzene rings is 3. The second kappa shape index (κ2) is 10.9. The fourth-order valence-electron chi connectivity index (χ4n) is 4.76. The summed E-state index contributed by atoms with van der Waals surface area (Å²) in [6, 6.07) is 24.5. The minimum absolute atomic E-state index is 0.0884. The van der Waals surface area contributed by atoms with Gasteiger partial charge in [0.1, 0.15) is 11.5 Å². The van der Waals surface area contributed by atoms with Gasteiger partial charge in [0.2, 0.25) is 0 Å². The maximum Gasteiger partial charge on any atom is 0.272 e. The van der Waals surface area contributed by atoms with Crippen LogP contribution in [0.3, 0.4) is 0 Å². The Balaban J connectivity index is 1.36.